The average molecular weight is 412 g/mol. The fourth-order valence-corrected chi connectivity index (χ4v) is 3.51. The summed E-state index contributed by atoms with van der Waals surface area (Å²) in [6.07, 6.45) is 0. The molecule has 0 spiro atoms. The molecular formula is C19H26ClN3O3S. The van der Waals surface area contributed by atoms with E-state index in [2.05, 4.69) is 15.4 Å². The highest BCUT2D eigenvalue weighted by Crippen LogP contribution is 2.17. The van der Waals surface area contributed by atoms with Crippen molar-refractivity contribution in [2.24, 2.45) is 0 Å². The Morgan fingerprint density at radius 1 is 1.11 bits per heavy atom. The summed E-state index contributed by atoms with van der Waals surface area (Å²) in [4.78, 5) is 12.3. The summed E-state index contributed by atoms with van der Waals surface area (Å²) < 4.78 is 27.6. The van der Waals surface area contributed by atoms with Gasteiger partial charge in [0.05, 0.1) is 4.90 Å². The van der Waals surface area contributed by atoms with Crippen molar-refractivity contribution in [3.05, 3.63) is 59.7 Å². The van der Waals surface area contributed by atoms with Crippen LogP contribution in [0.2, 0.25) is 0 Å². The molecule has 0 saturated carbocycles. The van der Waals surface area contributed by atoms with E-state index >= 15 is 0 Å². The number of benzene rings is 2. The van der Waals surface area contributed by atoms with E-state index in [0.717, 1.165) is 12.1 Å². The first-order valence-electron chi connectivity index (χ1n) is 8.53. The van der Waals surface area contributed by atoms with Gasteiger partial charge in [-0.05, 0) is 50.7 Å². The van der Waals surface area contributed by atoms with Crippen LogP contribution < -0.4 is 15.4 Å². The van der Waals surface area contributed by atoms with Crippen molar-refractivity contribution in [3.63, 3.8) is 0 Å². The molecular weight excluding hydrogens is 386 g/mol. The van der Waals surface area contributed by atoms with E-state index in [-0.39, 0.29) is 29.3 Å². The summed E-state index contributed by atoms with van der Waals surface area (Å²) in [7, 11) is -3.76. The topological polar surface area (TPSA) is 87.3 Å². The van der Waals surface area contributed by atoms with Crippen LogP contribution >= 0.6 is 12.4 Å². The van der Waals surface area contributed by atoms with Gasteiger partial charge in [0, 0.05) is 23.8 Å². The molecule has 148 valence electrons. The lowest BCUT2D eigenvalue weighted by Crippen LogP contribution is -2.38. The van der Waals surface area contributed by atoms with Crippen molar-refractivity contribution in [1.29, 1.82) is 0 Å². The van der Waals surface area contributed by atoms with Gasteiger partial charge in [-0.1, -0.05) is 30.7 Å². The molecule has 2 aromatic carbocycles. The highest BCUT2D eigenvalue weighted by atomic mass is 35.5. The Morgan fingerprint density at radius 2 is 1.78 bits per heavy atom. The molecule has 2 rings (SSSR count). The number of halogens is 1. The Morgan fingerprint density at radius 3 is 2.41 bits per heavy atom. The van der Waals surface area contributed by atoms with Gasteiger partial charge in [-0.2, -0.15) is 0 Å². The Hall–Kier alpha value is -2.09. The zero-order chi connectivity index (χ0) is 19.2. The van der Waals surface area contributed by atoms with Gasteiger partial charge in [0.15, 0.2) is 0 Å². The fraction of sp³-hybridized carbons (Fsp3) is 0.316. The number of carbonyl (C=O) groups excluding carboxylic acids is 1. The maximum Gasteiger partial charge on any atom is 0.261 e. The first-order chi connectivity index (χ1) is 12.3. The summed E-state index contributed by atoms with van der Waals surface area (Å²) in [5.74, 6) is -0.304. The monoisotopic (exact) mass is 411 g/mol. The molecule has 0 bridgehead atoms. The van der Waals surface area contributed by atoms with Gasteiger partial charge in [-0.15, -0.1) is 12.4 Å². The summed E-state index contributed by atoms with van der Waals surface area (Å²) in [6.45, 7) is 7.17. The minimum atomic E-state index is -3.76. The van der Waals surface area contributed by atoms with Crippen LogP contribution in [0, 0.1) is 6.92 Å². The highest BCUT2D eigenvalue weighted by Gasteiger charge is 2.16. The quantitative estimate of drug-likeness (QED) is 0.623. The molecule has 6 nitrogen and oxygen atoms in total. The highest BCUT2D eigenvalue weighted by molar-refractivity contribution is 7.92. The lowest BCUT2D eigenvalue weighted by Gasteiger charge is -2.14. The maximum absolute atomic E-state index is 12.6. The Labute approximate surface area is 167 Å². The molecule has 3 N–H and O–H groups in total. The zero-order valence-corrected chi connectivity index (χ0v) is 17.3. The minimum absolute atomic E-state index is 0. The van der Waals surface area contributed by atoms with E-state index in [4.69, 9.17) is 0 Å². The van der Waals surface area contributed by atoms with E-state index in [1.807, 2.05) is 32.9 Å². The predicted molar refractivity (Wildman–Crippen MR) is 111 cm³/mol. The lowest BCUT2D eigenvalue weighted by atomic mass is 10.2. The number of nitrogens with one attached hydrogen (secondary N) is 3. The first-order valence-corrected chi connectivity index (χ1v) is 10.0. The van der Waals surface area contributed by atoms with E-state index in [0.29, 0.717) is 17.8 Å². The smallest absolute Gasteiger partial charge is 0.261 e. The van der Waals surface area contributed by atoms with Crippen molar-refractivity contribution in [1.82, 2.24) is 10.6 Å². The largest absolute Gasteiger partial charge is 0.350 e. The van der Waals surface area contributed by atoms with Crippen molar-refractivity contribution < 1.29 is 13.2 Å². The van der Waals surface area contributed by atoms with Gasteiger partial charge in [-0.3, -0.25) is 9.52 Å². The van der Waals surface area contributed by atoms with Crippen LogP contribution in [0.15, 0.2) is 53.4 Å². The number of sulfonamides is 1. The van der Waals surface area contributed by atoms with E-state index in [1.165, 1.54) is 12.1 Å². The number of anilines is 1. The van der Waals surface area contributed by atoms with Gasteiger partial charge in [-0.25, -0.2) is 8.42 Å². The average Bonchev–Trinajstić information content (AvgIpc) is 2.62. The van der Waals surface area contributed by atoms with Gasteiger partial charge in [0.2, 0.25) is 0 Å². The zero-order valence-electron chi connectivity index (χ0n) is 15.7. The van der Waals surface area contributed by atoms with E-state index < -0.39 is 10.0 Å². The third-order valence-electron chi connectivity index (χ3n) is 3.83. The maximum atomic E-state index is 12.6. The summed E-state index contributed by atoms with van der Waals surface area (Å²) in [6, 6.07) is 13.2. The van der Waals surface area contributed by atoms with Crippen LogP contribution in [0.1, 0.15) is 29.8 Å². The Bertz CT molecular complexity index is 855. The minimum Gasteiger partial charge on any atom is -0.350 e. The fourth-order valence-electron chi connectivity index (χ4n) is 2.41. The van der Waals surface area contributed by atoms with Crippen LogP contribution in [0.5, 0.6) is 0 Å². The molecule has 2 aromatic rings. The van der Waals surface area contributed by atoms with Crippen molar-refractivity contribution in [2.45, 2.75) is 31.7 Å². The second-order valence-electron chi connectivity index (χ2n) is 6.17. The van der Waals surface area contributed by atoms with Crippen molar-refractivity contribution in [2.75, 3.05) is 17.8 Å². The predicted octanol–water partition coefficient (Wildman–Crippen LogP) is 2.95. The third kappa shape index (κ3) is 6.86. The van der Waals surface area contributed by atoms with E-state index in [1.54, 1.807) is 24.3 Å². The molecule has 8 heteroatoms. The van der Waals surface area contributed by atoms with Crippen molar-refractivity contribution >= 4 is 34.0 Å². The molecule has 27 heavy (non-hydrogen) atoms. The van der Waals surface area contributed by atoms with Crippen LogP contribution in [-0.4, -0.2) is 33.5 Å². The van der Waals surface area contributed by atoms with Crippen LogP contribution in [-0.2, 0) is 10.0 Å². The summed E-state index contributed by atoms with van der Waals surface area (Å²) in [5.41, 5.74) is 1.82. The van der Waals surface area contributed by atoms with Gasteiger partial charge >= 0.3 is 0 Å². The Kier molecular flexibility index (Phi) is 8.75. The number of likely N-dealkylation sites (N-methyl/N-ethyl adjacent to an activating group) is 1. The number of hydrogen-bond donors (Lipinski definition) is 3. The molecule has 0 unspecified atom stereocenters. The number of aryl methyl sites for hydroxylation is 1. The summed E-state index contributed by atoms with van der Waals surface area (Å²) >= 11 is 0. The molecule has 0 aliphatic rings. The number of carbonyl (C=O) groups is 1. The number of rotatable bonds is 8. The molecule has 0 fully saturated rings. The molecule has 0 heterocycles. The lowest BCUT2D eigenvalue weighted by molar-refractivity contribution is 0.0950. The molecule has 1 atom stereocenters. The number of hydrogen-bond acceptors (Lipinski definition) is 4. The van der Waals surface area contributed by atoms with Crippen LogP contribution in [0.4, 0.5) is 5.69 Å². The van der Waals surface area contributed by atoms with Gasteiger partial charge in [0.25, 0.3) is 15.9 Å². The Balaban J connectivity index is 0.00000364. The summed E-state index contributed by atoms with van der Waals surface area (Å²) in [5, 5.41) is 6.00. The molecule has 0 saturated heterocycles. The van der Waals surface area contributed by atoms with Crippen LogP contribution in [0.3, 0.4) is 0 Å². The standard InChI is InChI=1S/C19H25N3O3S.ClH/c1-4-20-15(3)13-21-19(23)16-6-5-7-18(12-16)26(24,25)22-17-10-8-14(2)9-11-17;/h5-12,15,20,22H,4,13H2,1-3H3,(H,21,23);1H/t15-;/m1./s1. The third-order valence-corrected chi connectivity index (χ3v) is 5.21. The second kappa shape index (κ2) is 10.3. The second-order valence-corrected chi connectivity index (χ2v) is 7.85. The number of amides is 1. The van der Waals surface area contributed by atoms with Gasteiger partial charge < -0.3 is 10.6 Å². The SMILES string of the molecule is CCN[C@H](C)CNC(=O)c1cccc(S(=O)(=O)Nc2ccc(C)cc2)c1.Cl. The molecule has 0 aliphatic carbocycles. The molecule has 0 radical (unpaired) electrons. The molecule has 0 aromatic heterocycles. The molecule has 1 amide bonds. The molecule has 0 aliphatic heterocycles. The van der Waals surface area contributed by atoms with Crippen molar-refractivity contribution in [3.8, 4) is 0 Å². The normalized spacial score (nSPS) is 12.0. The van der Waals surface area contributed by atoms with E-state index in [9.17, 15) is 13.2 Å². The van der Waals surface area contributed by atoms with Gasteiger partial charge in [0.1, 0.15) is 0 Å². The van der Waals surface area contributed by atoms with Crippen LogP contribution in [0.25, 0.3) is 0 Å². The first kappa shape index (κ1) is 23.0.